The lowest BCUT2D eigenvalue weighted by Gasteiger charge is -1.99. The van der Waals surface area contributed by atoms with E-state index in [0.717, 1.165) is 13.2 Å². The molecule has 0 spiro atoms. The van der Waals surface area contributed by atoms with Gasteiger partial charge in [-0.15, -0.1) is 0 Å². The van der Waals surface area contributed by atoms with Crippen molar-refractivity contribution < 1.29 is 19.4 Å². The summed E-state index contributed by atoms with van der Waals surface area (Å²) in [5.74, 6) is -2.10. The predicted octanol–water partition coefficient (Wildman–Crippen LogP) is 0.826. The summed E-state index contributed by atoms with van der Waals surface area (Å²) >= 11 is 0. The molecule has 0 saturated heterocycles. The highest BCUT2D eigenvalue weighted by Gasteiger charge is 2.11. The molecule has 68 valence electrons. The van der Waals surface area contributed by atoms with Crippen LogP contribution in [0.4, 0.5) is 0 Å². The zero-order valence-electron chi connectivity index (χ0n) is 7.33. The summed E-state index contributed by atoms with van der Waals surface area (Å²) in [7, 11) is 1.13. The van der Waals surface area contributed by atoms with Gasteiger partial charge in [0.2, 0.25) is 5.76 Å². The molecule has 0 aliphatic heterocycles. The van der Waals surface area contributed by atoms with Crippen molar-refractivity contribution in [2.45, 2.75) is 13.8 Å². The Morgan fingerprint density at radius 1 is 1.42 bits per heavy atom. The molecule has 0 heterocycles. The molecule has 0 aliphatic carbocycles. The van der Waals surface area contributed by atoms with Crippen LogP contribution in [0.2, 0.25) is 0 Å². The number of aliphatic hydroxyl groups excluding tert-OH is 1. The van der Waals surface area contributed by atoms with Crippen molar-refractivity contribution in [3.8, 4) is 0 Å². The summed E-state index contributed by atoms with van der Waals surface area (Å²) in [5.41, 5.74) is 0. The maximum atomic E-state index is 10.9. The number of ether oxygens (including phenoxy) is 1. The molecule has 0 aliphatic rings. The summed E-state index contributed by atoms with van der Waals surface area (Å²) < 4.78 is 4.18. The van der Waals surface area contributed by atoms with Crippen LogP contribution in [0.3, 0.4) is 0 Å². The van der Waals surface area contributed by atoms with E-state index < -0.39 is 11.7 Å². The van der Waals surface area contributed by atoms with Crippen LogP contribution in [-0.2, 0) is 14.3 Å². The molecule has 0 rings (SSSR count). The fourth-order valence-corrected chi connectivity index (χ4v) is 0.465. The van der Waals surface area contributed by atoms with Gasteiger partial charge in [-0.2, -0.15) is 0 Å². The molecular weight excluding hydrogens is 160 g/mol. The SMILES string of the molecule is COC(=O)C(O)=CC(=O)C(C)C. The molecule has 1 N–H and O–H groups in total. The van der Waals surface area contributed by atoms with E-state index in [-0.39, 0.29) is 11.7 Å². The topological polar surface area (TPSA) is 63.6 Å². The monoisotopic (exact) mass is 172 g/mol. The maximum Gasteiger partial charge on any atom is 0.373 e. The lowest BCUT2D eigenvalue weighted by molar-refractivity contribution is -0.139. The summed E-state index contributed by atoms with van der Waals surface area (Å²) in [6, 6.07) is 0. The number of carbonyl (C=O) groups excluding carboxylic acids is 2. The first kappa shape index (κ1) is 10.7. The van der Waals surface area contributed by atoms with E-state index in [9.17, 15) is 9.59 Å². The zero-order chi connectivity index (χ0) is 9.72. The van der Waals surface area contributed by atoms with Gasteiger partial charge in [0, 0.05) is 12.0 Å². The molecule has 0 aromatic carbocycles. The van der Waals surface area contributed by atoms with Crippen molar-refractivity contribution in [1.82, 2.24) is 0 Å². The highest BCUT2D eigenvalue weighted by Crippen LogP contribution is 1.99. The lowest BCUT2D eigenvalue weighted by atomic mass is 10.1. The number of carbonyl (C=O) groups is 2. The fraction of sp³-hybridized carbons (Fsp3) is 0.500. The Balaban J connectivity index is 4.36. The van der Waals surface area contributed by atoms with Crippen molar-refractivity contribution in [2.75, 3.05) is 7.11 Å². The van der Waals surface area contributed by atoms with Crippen molar-refractivity contribution in [1.29, 1.82) is 0 Å². The average Bonchev–Trinajstić information content (AvgIpc) is 2.02. The Labute approximate surface area is 70.8 Å². The molecule has 4 nitrogen and oxygen atoms in total. The number of allylic oxidation sites excluding steroid dienone is 1. The smallest absolute Gasteiger partial charge is 0.373 e. The summed E-state index contributed by atoms with van der Waals surface area (Å²) in [6.07, 6.45) is 0.872. The number of esters is 1. The molecule has 0 bridgehead atoms. The van der Waals surface area contributed by atoms with Crippen LogP contribution in [0.5, 0.6) is 0 Å². The second-order valence-corrected chi connectivity index (χ2v) is 2.58. The van der Waals surface area contributed by atoms with Crippen molar-refractivity contribution in [3.05, 3.63) is 11.8 Å². The summed E-state index contributed by atoms with van der Waals surface area (Å²) in [4.78, 5) is 21.5. The standard InChI is InChI=1S/C8H12O4/c1-5(2)6(9)4-7(10)8(11)12-3/h4-5,10H,1-3H3. The minimum absolute atomic E-state index is 0.239. The highest BCUT2D eigenvalue weighted by molar-refractivity contribution is 5.98. The number of ketones is 1. The van der Waals surface area contributed by atoms with Gasteiger partial charge >= 0.3 is 5.97 Å². The first-order valence-electron chi connectivity index (χ1n) is 3.51. The van der Waals surface area contributed by atoms with Gasteiger partial charge in [0.15, 0.2) is 5.78 Å². The predicted molar refractivity (Wildman–Crippen MR) is 42.6 cm³/mol. The second-order valence-electron chi connectivity index (χ2n) is 2.58. The van der Waals surface area contributed by atoms with Crippen molar-refractivity contribution in [3.63, 3.8) is 0 Å². The third kappa shape index (κ3) is 3.18. The van der Waals surface area contributed by atoms with Gasteiger partial charge < -0.3 is 9.84 Å². The molecule has 4 heteroatoms. The molecule has 0 amide bonds. The summed E-state index contributed by atoms with van der Waals surface area (Å²) in [6.45, 7) is 3.34. The number of aliphatic hydroxyl groups is 1. The minimum Gasteiger partial charge on any atom is -0.502 e. The van der Waals surface area contributed by atoms with Crippen LogP contribution in [0.1, 0.15) is 13.8 Å². The second kappa shape index (κ2) is 4.54. The van der Waals surface area contributed by atoms with Crippen LogP contribution in [0.25, 0.3) is 0 Å². The summed E-state index contributed by atoms with van der Waals surface area (Å²) in [5, 5.41) is 8.90. The van der Waals surface area contributed by atoms with E-state index in [2.05, 4.69) is 4.74 Å². The third-order valence-electron chi connectivity index (χ3n) is 1.24. The van der Waals surface area contributed by atoms with E-state index >= 15 is 0 Å². The Kier molecular flexibility index (Phi) is 4.04. The number of hydrogen-bond donors (Lipinski definition) is 1. The number of hydrogen-bond acceptors (Lipinski definition) is 4. The number of rotatable bonds is 3. The minimum atomic E-state index is -0.899. The highest BCUT2D eigenvalue weighted by atomic mass is 16.5. The fourth-order valence-electron chi connectivity index (χ4n) is 0.465. The number of methoxy groups -OCH3 is 1. The molecular formula is C8H12O4. The van der Waals surface area contributed by atoms with Gasteiger partial charge in [-0.05, 0) is 0 Å². The van der Waals surface area contributed by atoms with E-state index in [1.807, 2.05) is 0 Å². The molecule has 0 unspecified atom stereocenters. The van der Waals surface area contributed by atoms with E-state index in [0.29, 0.717) is 0 Å². The third-order valence-corrected chi connectivity index (χ3v) is 1.24. The Bertz CT molecular complexity index is 215. The van der Waals surface area contributed by atoms with Gasteiger partial charge in [-0.3, -0.25) is 4.79 Å². The van der Waals surface area contributed by atoms with Crippen LogP contribution < -0.4 is 0 Å². The molecule has 0 fully saturated rings. The van der Waals surface area contributed by atoms with Crippen LogP contribution in [0.15, 0.2) is 11.8 Å². The Hall–Kier alpha value is -1.32. The van der Waals surface area contributed by atoms with Crippen LogP contribution in [-0.4, -0.2) is 24.0 Å². The molecule has 0 radical (unpaired) electrons. The van der Waals surface area contributed by atoms with Crippen LogP contribution >= 0.6 is 0 Å². The van der Waals surface area contributed by atoms with Gasteiger partial charge in [-0.1, -0.05) is 13.8 Å². The quantitative estimate of drug-likeness (QED) is 0.389. The zero-order valence-corrected chi connectivity index (χ0v) is 7.33. The molecule has 0 aromatic heterocycles. The largest absolute Gasteiger partial charge is 0.502 e. The van der Waals surface area contributed by atoms with Gasteiger partial charge in [0.25, 0.3) is 0 Å². The molecule has 0 saturated carbocycles. The average molecular weight is 172 g/mol. The van der Waals surface area contributed by atoms with E-state index in [1.54, 1.807) is 13.8 Å². The molecule has 0 atom stereocenters. The lowest BCUT2D eigenvalue weighted by Crippen LogP contribution is -2.09. The van der Waals surface area contributed by atoms with E-state index in [1.165, 1.54) is 0 Å². The maximum absolute atomic E-state index is 10.9. The first-order valence-corrected chi connectivity index (χ1v) is 3.51. The normalized spacial score (nSPS) is 11.5. The van der Waals surface area contributed by atoms with Gasteiger partial charge in [0.1, 0.15) is 0 Å². The Morgan fingerprint density at radius 3 is 2.25 bits per heavy atom. The first-order chi connectivity index (χ1) is 5.49. The van der Waals surface area contributed by atoms with Gasteiger partial charge in [-0.25, -0.2) is 4.79 Å². The molecule has 0 aromatic rings. The van der Waals surface area contributed by atoms with E-state index in [4.69, 9.17) is 5.11 Å². The van der Waals surface area contributed by atoms with Crippen molar-refractivity contribution >= 4 is 11.8 Å². The molecule has 12 heavy (non-hydrogen) atoms. The van der Waals surface area contributed by atoms with Gasteiger partial charge in [0.05, 0.1) is 7.11 Å². The Morgan fingerprint density at radius 2 is 1.92 bits per heavy atom. The van der Waals surface area contributed by atoms with Crippen LogP contribution in [0, 0.1) is 5.92 Å². The van der Waals surface area contributed by atoms with Crippen molar-refractivity contribution in [2.24, 2.45) is 5.92 Å².